The molecule has 0 heterocycles. The van der Waals surface area contributed by atoms with E-state index in [4.69, 9.17) is 5.26 Å². The van der Waals surface area contributed by atoms with Gasteiger partial charge in [-0.2, -0.15) is 18.4 Å². The lowest BCUT2D eigenvalue weighted by Crippen LogP contribution is -2.40. The maximum Gasteiger partial charge on any atom is 0.278 e. The highest BCUT2D eigenvalue weighted by molar-refractivity contribution is 7.87. The largest absolute Gasteiger partial charge is 0.278 e. The van der Waals surface area contributed by atoms with Crippen LogP contribution in [0.15, 0.2) is 0 Å². The molecular formula is C5H11N3O2S. The minimum atomic E-state index is -3.47. The Morgan fingerprint density at radius 2 is 2.18 bits per heavy atom. The summed E-state index contributed by atoms with van der Waals surface area (Å²) in [5.74, 6) is 0. The molecule has 0 aromatic rings. The summed E-state index contributed by atoms with van der Waals surface area (Å²) in [6, 6.07) is 1.05. The summed E-state index contributed by atoms with van der Waals surface area (Å²) in [5, 5.41) is 8.26. The van der Waals surface area contributed by atoms with E-state index >= 15 is 0 Å². The van der Waals surface area contributed by atoms with E-state index in [0.29, 0.717) is 6.54 Å². The Morgan fingerprint density at radius 1 is 1.64 bits per heavy atom. The third-order valence-electron chi connectivity index (χ3n) is 0.860. The molecule has 1 unspecified atom stereocenters. The van der Waals surface area contributed by atoms with Crippen LogP contribution in [-0.4, -0.2) is 21.0 Å². The van der Waals surface area contributed by atoms with Gasteiger partial charge in [-0.15, -0.1) is 0 Å². The van der Waals surface area contributed by atoms with Gasteiger partial charge < -0.3 is 0 Å². The van der Waals surface area contributed by atoms with Gasteiger partial charge >= 0.3 is 0 Å². The normalized spacial score (nSPS) is 13.9. The first kappa shape index (κ1) is 10.4. The first-order chi connectivity index (χ1) is 5.02. The van der Waals surface area contributed by atoms with Crippen LogP contribution in [-0.2, 0) is 10.2 Å². The van der Waals surface area contributed by atoms with Crippen LogP contribution in [0.3, 0.4) is 0 Å². The molecule has 0 spiro atoms. The van der Waals surface area contributed by atoms with Gasteiger partial charge in [-0.25, -0.2) is 4.72 Å². The van der Waals surface area contributed by atoms with Gasteiger partial charge in [0.05, 0.1) is 6.07 Å². The highest BCUT2D eigenvalue weighted by Crippen LogP contribution is 1.81. The van der Waals surface area contributed by atoms with E-state index in [1.165, 1.54) is 6.92 Å². The van der Waals surface area contributed by atoms with Crippen LogP contribution in [0.4, 0.5) is 0 Å². The van der Waals surface area contributed by atoms with Crippen molar-refractivity contribution in [1.29, 1.82) is 5.26 Å². The van der Waals surface area contributed by atoms with E-state index in [-0.39, 0.29) is 0 Å². The number of nitrogens with one attached hydrogen (secondary N) is 2. The molecule has 1 atom stereocenters. The Labute approximate surface area is 66.6 Å². The van der Waals surface area contributed by atoms with Gasteiger partial charge in [0, 0.05) is 6.54 Å². The molecule has 64 valence electrons. The zero-order valence-corrected chi connectivity index (χ0v) is 7.27. The minimum absolute atomic E-state index is 0.313. The van der Waals surface area contributed by atoms with Crippen LogP contribution in [0.1, 0.15) is 13.8 Å². The smallest absolute Gasteiger partial charge is 0.203 e. The van der Waals surface area contributed by atoms with E-state index in [0.717, 1.165) is 0 Å². The molecule has 0 aromatic heterocycles. The lowest BCUT2D eigenvalue weighted by atomic mass is 10.4. The van der Waals surface area contributed by atoms with Crippen LogP contribution in [0, 0.1) is 11.3 Å². The van der Waals surface area contributed by atoms with Crippen molar-refractivity contribution in [3.05, 3.63) is 0 Å². The highest BCUT2D eigenvalue weighted by Gasteiger charge is 2.10. The second kappa shape index (κ2) is 4.28. The van der Waals surface area contributed by atoms with Crippen molar-refractivity contribution < 1.29 is 8.42 Å². The molecule has 6 heteroatoms. The molecule has 11 heavy (non-hydrogen) atoms. The third-order valence-corrected chi connectivity index (χ3v) is 2.19. The Morgan fingerprint density at radius 3 is 2.55 bits per heavy atom. The number of rotatable bonds is 4. The summed E-state index contributed by atoms with van der Waals surface area (Å²) >= 11 is 0. The minimum Gasteiger partial charge on any atom is -0.203 e. The monoisotopic (exact) mass is 177 g/mol. The first-order valence-electron chi connectivity index (χ1n) is 3.18. The number of hydrogen-bond donors (Lipinski definition) is 2. The fraction of sp³-hybridized carbons (Fsp3) is 0.800. The standard InChI is InChI=1S/C5H11N3O2S/c1-3-7-11(9,10)8-5(2)4-6/h5,7-8H,3H2,1-2H3. The Balaban J connectivity index is 4.05. The van der Waals surface area contributed by atoms with E-state index in [9.17, 15) is 8.42 Å². The third kappa shape index (κ3) is 4.72. The molecule has 0 saturated heterocycles. The number of hydrogen-bond acceptors (Lipinski definition) is 3. The molecular weight excluding hydrogens is 166 g/mol. The fourth-order valence-corrected chi connectivity index (χ4v) is 1.47. The summed E-state index contributed by atoms with van der Waals surface area (Å²) in [6.07, 6.45) is 0. The number of nitriles is 1. The predicted molar refractivity (Wildman–Crippen MR) is 40.8 cm³/mol. The van der Waals surface area contributed by atoms with Crippen LogP contribution < -0.4 is 9.44 Å². The maximum atomic E-state index is 10.8. The molecule has 0 aromatic carbocycles. The summed E-state index contributed by atoms with van der Waals surface area (Å²) in [7, 11) is -3.47. The van der Waals surface area contributed by atoms with Crippen LogP contribution in [0.5, 0.6) is 0 Å². The summed E-state index contributed by atoms with van der Waals surface area (Å²) in [4.78, 5) is 0. The zero-order valence-electron chi connectivity index (χ0n) is 6.46. The average Bonchev–Trinajstić information content (AvgIpc) is 1.86. The van der Waals surface area contributed by atoms with Gasteiger partial charge in [0.15, 0.2) is 0 Å². The van der Waals surface area contributed by atoms with Crippen LogP contribution >= 0.6 is 0 Å². The van der Waals surface area contributed by atoms with E-state index in [1.807, 2.05) is 0 Å². The lowest BCUT2D eigenvalue weighted by molar-refractivity contribution is 0.564. The SMILES string of the molecule is CCNS(=O)(=O)NC(C)C#N. The molecule has 0 rings (SSSR count). The van der Waals surface area contributed by atoms with Crippen molar-refractivity contribution in [3.8, 4) is 6.07 Å². The summed E-state index contributed by atoms with van der Waals surface area (Å²) < 4.78 is 26.0. The molecule has 2 N–H and O–H groups in total. The van der Waals surface area contributed by atoms with E-state index < -0.39 is 16.3 Å². The Bertz CT molecular complexity index is 241. The maximum absolute atomic E-state index is 10.8. The van der Waals surface area contributed by atoms with E-state index in [1.54, 1.807) is 13.0 Å². The first-order valence-corrected chi connectivity index (χ1v) is 4.66. The molecule has 0 aliphatic rings. The van der Waals surface area contributed by atoms with Gasteiger partial charge in [0.25, 0.3) is 10.2 Å². The molecule has 0 amide bonds. The fourth-order valence-electron chi connectivity index (χ4n) is 0.491. The van der Waals surface area contributed by atoms with Gasteiger partial charge in [0.1, 0.15) is 6.04 Å². The van der Waals surface area contributed by atoms with Crippen molar-refractivity contribution in [2.24, 2.45) is 0 Å². The van der Waals surface area contributed by atoms with Crippen molar-refractivity contribution in [1.82, 2.24) is 9.44 Å². The molecule has 0 saturated carbocycles. The molecule has 0 aliphatic heterocycles. The van der Waals surface area contributed by atoms with Gasteiger partial charge in [-0.3, -0.25) is 0 Å². The van der Waals surface area contributed by atoms with Crippen molar-refractivity contribution >= 4 is 10.2 Å². The quantitative estimate of drug-likeness (QED) is 0.598. The average molecular weight is 177 g/mol. The highest BCUT2D eigenvalue weighted by atomic mass is 32.2. The van der Waals surface area contributed by atoms with Gasteiger partial charge in [-0.05, 0) is 6.92 Å². The molecule has 0 radical (unpaired) electrons. The predicted octanol–water partition coefficient (Wildman–Crippen LogP) is -0.658. The summed E-state index contributed by atoms with van der Waals surface area (Å²) in [6.45, 7) is 3.44. The van der Waals surface area contributed by atoms with Gasteiger partial charge in [-0.1, -0.05) is 6.92 Å². The van der Waals surface area contributed by atoms with Crippen molar-refractivity contribution in [3.63, 3.8) is 0 Å². The summed E-state index contributed by atoms with van der Waals surface area (Å²) in [5.41, 5.74) is 0. The Kier molecular flexibility index (Phi) is 4.03. The van der Waals surface area contributed by atoms with E-state index in [2.05, 4.69) is 9.44 Å². The number of nitrogens with zero attached hydrogens (tertiary/aromatic N) is 1. The van der Waals surface area contributed by atoms with Crippen molar-refractivity contribution in [2.75, 3.05) is 6.54 Å². The van der Waals surface area contributed by atoms with Gasteiger partial charge in [0.2, 0.25) is 0 Å². The molecule has 0 aliphatic carbocycles. The van der Waals surface area contributed by atoms with Crippen molar-refractivity contribution in [2.45, 2.75) is 19.9 Å². The van der Waals surface area contributed by atoms with Crippen LogP contribution in [0.2, 0.25) is 0 Å². The Hall–Kier alpha value is -0.640. The second-order valence-corrected chi connectivity index (χ2v) is 3.50. The lowest BCUT2D eigenvalue weighted by Gasteiger charge is -2.06. The zero-order chi connectivity index (χ0) is 8.91. The molecule has 0 fully saturated rings. The topological polar surface area (TPSA) is 82.0 Å². The molecule has 0 bridgehead atoms. The van der Waals surface area contributed by atoms with Crippen LogP contribution in [0.25, 0.3) is 0 Å². The second-order valence-electron chi connectivity index (χ2n) is 1.97. The molecule has 5 nitrogen and oxygen atoms in total.